The number of hydrogen-bond donors (Lipinski definition) is 0. The molecule has 0 atom stereocenters. The molecule has 0 aliphatic heterocycles. The number of pyridine rings is 1. The van der Waals surface area contributed by atoms with E-state index >= 15 is 0 Å². The summed E-state index contributed by atoms with van der Waals surface area (Å²) in [6, 6.07) is 6.69. The van der Waals surface area contributed by atoms with Gasteiger partial charge in [-0.25, -0.2) is 9.37 Å². The van der Waals surface area contributed by atoms with Gasteiger partial charge in [0.05, 0.1) is 12.2 Å². The molecule has 0 spiro atoms. The van der Waals surface area contributed by atoms with Crippen LogP contribution in [0.15, 0.2) is 30.5 Å². The van der Waals surface area contributed by atoms with Gasteiger partial charge in [-0.1, -0.05) is 57.9 Å². The molecule has 0 amide bonds. The fourth-order valence-corrected chi connectivity index (χ4v) is 2.78. The van der Waals surface area contributed by atoms with Gasteiger partial charge < -0.3 is 4.74 Å². The molecule has 4 heteroatoms. The molecule has 0 unspecified atom stereocenters. The van der Waals surface area contributed by atoms with Crippen molar-refractivity contribution in [3.63, 3.8) is 0 Å². The number of aromatic nitrogens is 1. The van der Waals surface area contributed by atoms with Crippen molar-refractivity contribution in [2.45, 2.75) is 65.2 Å². The van der Waals surface area contributed by atoms with Gasteiger partial charge in [0.1, 0.15) is 5.69 Å². The third kappa shape index (κ3) is 6.96. The van der Waals surface area contributed by atoms with Gasteiger partial charge in [0, 0.05) is 6.20 Å². The molecule has 0 radical (unpaired) electrons. The van der Waals surface area contributed by atoms with Gasteiger partial charge in [-0.15, -0.1) is 0 Å². The second kappa shape index (κ2) is 12.1. The molecule has 0 aliphatic carbocycles. The van der Waals surface area contributed by atoms with E-state index < -0.39 is 11.6 Å². The Balaban J connectivity index is 1.96. The maximum absolute atomic E-state index is 14.2. The van der Waals surface area contributed by atoms with Crippen LogP contribution in [-0.4, -0.2) is 11.6 Å². The standard InChI is InChI=1S/C24H29F2NO/c1-3-5-7-8-9-10-19-11-14-21(27-18-19)15-12-20-13-16-22(24(26)23(20)25)28-17-6-4-2/h11,13-14,16,18H,3-10,17H2,1-2H3. The Bertz CT molecular complexity index is 791. The van der Waals surface area contributed by atoms with Crippen molar-refractivity contribution in [1.29, 1.82) is 0 Å². The molecule has 0 bridgehead atoms. The Hall–Kier alpha value is -2.41. The van der Waals surface area contributed by atoms with Crippen molar-refractivity contribution >= 4 is 0 Å². The zero-order chi connectivity index (χ0) is 20.2. The average Bonchev–Trinajstić information content (AvgIpc) is 2.71. The SMILES string of the molecule is CCCCCCCc1ccc(C#Cc2ccc(OCCCC)c(F)c2F)nc1. The summed E-state index contributed by atoms with van der Waals surface area (Å²) in [6.45, 7) is 4.58. The van der Waals surface area contributed by atoms with Crippen LogP contribution in [0.1, 0.15) is 75.6 Å². The summed E-state index contributed by atoms with van der Waals surface area (Å²) in [5, 5.41) is 0. The number of nitrogens with zero attached hydrogens (tertiary/aromatic N) is 1. The Morgan fingerprint density at radius 2 is 1.64 bits per heavy atom. The van der Waals surface area contributed by atoms with Crippen LogP contribution in [0.4, 0.5) is 8.78 Å². The third-order valence-electron chi connectivity index (χ3n) is 4.52. The van der Waals surface area contributed by atoms with Crippen LogP contribution in [0.2, 0.25) is 0 Å². The summed E-state index contributed by atoms with van der Waals surface area (Å²) in [4.78, 5) is 4.31. The van der Waals surface area contributed by atoms with E-state index in [9.17, 15) is 8.78 Å². The highest BCUT2D eigenvalue weighted by Crippen LogP contribution is 2.22. The fraction of sp³-hybridized carbons (Fsp3) is 0.458. The lowest BCUT2D eigenvalue weighted by atomic mass is 10.1. The molecule has 1 heterocycles. The van der Waals surface area contributed by atoms with E-state index in [0.29, 0.717) is 12.3 Å². The summed E-state index contributed by atoms with van der Waals surface area (Å²) in [7, 11) is 0. The predicted octanol–water partition coefficient (Wildman–Crippen LogP) is 6.45. The first kappa shape index (κ1) is 21.9. The first-order chi connectivity index (χ1) is 13.7. The Morgan fingerprint density at radius 1 is 0.857 bits per heavy atom. The number of benzene rings is 1. The lowest BCUT2D eigenvalue weighted by Crippen LogP contribution is -2.01. The van der Waals surface area contributed by atoms with E-state index in [1.807, 2.05) is 25.3 Å². The lowest BCUT2D eigenvalue weighted by Gasteiger charge is -2.07. The van der Waals surface area contributed by atoms with Crippen molar-refractivity contribution in [1.82, 2.24) is 4.98 Å². The van der Waals surface area contributed by atoms with Crippen LogP contribution in [-0.2, 0) is 6.42 Å². The zero-order valence-electron chi connectivity index (χ0n) is 16.9. The van der Waals surface area contributed by atoms with Crippen LogP contribution >= 0.6 is 0 Å². The van der Waals surface area contributed by atoms with Gasteiger partial charge in [-0.2, -0.15) is 4.39 Å². The van der Waals surface area contributed by atoms with Gasteiger partial charge in [-0.3, -0.25) is 0 Å². The third-order valence-corrected chi connectivity index (χ3v) is 4.52. The number of rotatable bonds is 10. The second-order valence-electron chi connectivity index (χ2n) is 6.91. The minimum absolute atomic E-state index is 0.00198. The number of aryl methyl sites for hydroxylation is 1. The first-order valence-corrected chi connectivity index (χ1v) is 10.2. The summed E-state index contributed by atoms with van der Waals surface area (Å²) in [6.07, 6.45) is 10.7. The largest absolute Gasteiger partial charge is 0.490 e. The molecule has 0 fully saturated rings. The van der Waals surface area contributed by atoms with Crippen molar-refractivity contribution in [2.24, 2.45) is 0 Å². The van der Waals surface area contributed by atoms with Crippen LogP contribution in [0.25, 0.3) is 0 Å². The lowest BCUT2D eigenvalue weighted by molar-refractivity contribution is 0.288. The highest BCUT2D eigenvalue weighted by Gasteiger charge is 2.13. The van der Waals surface area contributed by atoms with Gasteiger partial charge in [0.2, 0.25) is 5.82 Å². The summed E-state index contributed by atoms with van der Waals surface area (Å²) in [5.74, 6) is 3.43. The summed E-state index contributed by atoms with van der Waals surface area (Å²) < 4.78 is 33.5. The van der Waals surface area contributed by atoms with E-state index in [-0.39, 0.29) is 11.3 Å². The predicted molar refractivity (Wildman–Crippen MR) is 109 cm³/mol. The molecule has 0 aliphatic rings. The van der Waals surface area contributed by atoms with E-state index in [4.69, 9.17) is 4.74 Å². The summed E-state index contributed by atoms with van der Waals surface area (Å²) >= 11 is 0. The van der Waals surface area contributed by atoms with E-state index in [1.54, 1.807) is 0 Å². The quantitative estimate of drug-likeness (QED) is 0.346. The molecule has 2 nitrogen and oxygen atoms in total. The number of unbranched alkanes of at least 4 members (excludes halogenated alkanes) is 5. The average molecular weight is 385 g/mol. The Labute approximate surface area is 167 Å². The molecule has 2 rings (SSSR count). The van der Waals surface area contributed by atoms with E-state index in [1.165, 1.54) is 43.4 Å². The maximum atomic E-state index is 14.2. The van der Waals surface area contributed by atoms with Gasteiger partial charge >= 0.3 is 0 Å². The van der Waals surface area contributed by atoms with Gasteiger partial charge in [0.15, 0.2) is 11.6 Å². The normalized spacial score (nSPS) is 10.4. The Kier molecular flexibility index (Phi) is 9.48. The molecule has 1 aromatic carbocycles. The Morgan fingerprint density at radius 3 is 2.36 bits per heavy atom. The molecule has 0 saturated carbocycles. The number of ether oxygens (including phenoxy) is 1. The zero-order valence-corrected chi connectivity index (χ0v) is 16.9. The van der Waals surface area contributed by atoms with E-state index in [0.717, 1.165) is 25.7 Å². The van der Waals surface area contributed by atoms with Crippen molar-refractivity contribution in [3.05, 3.63) is 58.9 Å². The number of halogens is 2. The first-order valence-electron chi connectivity index (χ1n) is 10.2. The minimum Gasteiger partial charge on any atom is -0.490 e. The molecule has 28 heavy (non-hydrogen) atoms. The van der Waals surface area contributed by atoms with Crippen LogP contribution in [0.3, 0.4) is 0 Å². The van der Waals surface area contributed by atoms with Crippen LogP contribution in [0.5, 0.6) is 5.75 Å². The molecule has 0 saturated heterocycles. The van der Waals surface area contributed by atoms with E-state index in [2.05, 4.69) is 23.7 Å². The minimum atomic E-state index is -0.991. The van der Waals surface area contributed by atoms with Gasteiger partial charge in [-0.05, 0) is 48.9 Å². The smallest absolute Gasteiger partial charge is 0.201 e. The van der Waals surface area contributed by atoms with Crippen molar-refractivity contribution in [3.8, 4) is 17.6 Å². The highest BCUT2D eigenvalue weighted by molar-refractivity contribution is 5.44. The molecule has 2 aromatic rings. The molecular weight excluding hydrogens is 356 g/mol. The second-order valence-corrected chi connectivity index (χ2v) is 6.91. The van der Waals surface area contributed by atoms with Crippen LogP contribution in [0, 0.1) is 23.5 Å². The molecule has 150 valence electrons. The van der Waals surface area contributed by atoms with Crippen molar-refractivity contribution in [2.75, 3.05) is 6.61 Å². The highest BCUT2D eigenvalue weighted by atomic mass is 19.2. The van der Waals surface area contributed by atoms with Crippen molar-refractivity contribution < 1.29 is 13.5 Å². The fourth-order valence-electron chi connectivity index (χ4n) is 2.78. The summed E-state index contributed by atoms with van der Waals surface area (Å²) in [5.41, 5.74) is 1.72. The maximum Gasteiger partial charge on any atom is 0.201 e. The molecule has 1 aromatic heterocycles. The topological polar surface area (TPSA) is 22.1 Å². The number of hydrogen-bond acceptors (Lipinski definition) is 2. The molecular formula is C24H29F2NO. The monoisotopic (exact) mass is 385 g/mol. The molecule has 0 N–H and O–H groups in total. The van der Waals surface area contributed by atoms with Crippen LogP contribution < -0.4 is 4.74 Å². The van der Waals surface area contributed by atoms with Gasteiger partial charge in [0.25, 0.3) is 0 Å².